The second-order valence-corrected chi connectivity index (χ2v) is 7.70. The van der Waals surface area contributed by atoms with Crippen molar-refractivity contribution in [2.45, 2.75) is 26.0 Å². The van der Waals surface area contributed by atoms with E-state index in [1.54, 1.807) is 32.0 Å². The number of carbonyl (C=O) groups is 1. The quantitative estimate of drug-likeness (QED) is 0.789. The summed E-state index contributed by atoms with van der Waals surface area (Å²) >= 11 is 0. The first-order valence-electron chi connectivity index (χ1n) is 7.47. The number of sulfone groups is 1. The summed E-state index contributed by atoms with van der Waals surface area (Å²) < 4.78 is 29.4. The molecule has 1 N–H and O–H groups in total. The molecule has 0 aliphatic rings. The molecule has 2 rings (SSSR count). The highest BCUT2D eigenvalue weighted by Crippen LogP contribution is 2.13. The van der Waals surface area contributed by atoms with E-state index >= 15 is 0 Å². The lowest BCUT2D eigenvalue weighted by Crippen LogP contribution is -2.26. The third kappa shape index (κ3) is 5.25. The predicted octanol–water partition coefficient (Wildman–Crippen LogP) is 2.63. The summed E-state index contributed by atoms with van der Waals surface area (Å²) in [4.78, 5) is 12.0. The highest BCUT2D eigenvalue weighted by atomic mass is 32.2. The molecule has 1 heterocycles. The van der Waals surface area contributed by atoms with Crippen LogP contribution in [-0.4, -0.2) is 26.6 Å². The molecule has 0 fully saturated rings. The van der Waals surface area contributed by atoms with Gasteiger partial charge in [0.25, 0.3) is 5.91 Å². The Morgan fingerprint density at radius 2 is 1.87 bits per heavy atom. The lowest BCUT2D eigenvalue weighted by Gasteiger charge is -2.06. The topological polar surface area (TPSA) is 76.4 Å². The minimum Gasteiger partial charge on any atom is -0.466 e. The van der Waals surface area contributed by atoms with Crippen molar-refractivity contribution >= 4 is 15.7 Å². The van der Waals surface area contributed by atoms with Crippen LogP contribution in [-0.2, 0) is 15.6 Å². The number of amides is 1. The molecule has 0 unspecified atom stereocenters. The van der Waals surface area contributed by atoms with Gasteiger partial charge in [0, 0.05) is 6.54 Å². The smallest absolute Gasteiger partial charge is 0.254 e. The molecule has 6 heteroatoms. The van der Waals surface area contributed by atoms with Gasteiger partial charge in [-0.3, -0.25) is 4.79 Å². The average Bonchev–Trinajstić information content (AvgIpc) is 2.83. The summed E-state index contributed by atoms with van der Waals surface area (Å²) in [6, 6.07) is 10.8. The monoisotopic (exact) mass is 335 g/mol. The molecule has 23 heavy (non-hydrogen) atoms. The molecule has 5 nitrogen and oxygen atoms in total. The number of rotatable bonds is 7. The van der Waals surface area contributed by atoms with Gasteiger partial charge >= 0.3 is 0 Å². The van der Waals surface area contributed by atoms with E-state index in [0.29, 0.717) is 30.0 Å². The van der Waals surface area contributed by atoms with Gasteiger partial charge in [-0.2, -0.15) is 0 Å². The number of nitrogens with one attached hydrogen (secondary N) is 1. The minimum atomic E-state index is -3.17. The summed E-state index contributed by atoms with van der Waals surface area (Å²) in [5.74, 6) is 1.09. The standard InChI is InChI=1S/C17H21NO4S/c1-13-11-16(14(2)22-13)17(19)18-9-6-10-23(20,21)12-15-7-4-3-5-8-15/h3-5,7-8,11H,6,9-10,12H2,1-2H3,(H,18,19). The van der Waals surface area contributed by atoms with Gasteiger partial charge < -0.3 is 9.73 Å². The minimum absolute atomic E-state index is 0.0296. The molecule has 0 bridgehead atoms. The van der Waals surface area contributed by atoms with Crippen LogP contribution in [0.1, 0.15) is 33.9 Å². The molecule has 0 spiro atoms. The molecular formula is C17H21NO4S. The van der Waals surface area contributed by atoms with E-state index in [4.69, 9.17) is 4.42 Å². The maximum absolute atomic E-state index is 12.0. The van der Waals surface area contributed by atoms with Gasteiger partial charge in [-0.1, -0.05) is 30.3 Å². The summed E-state index contributed by atoms with van der Waals surface area (Å²) in [6.07, 6.45) is 0.386. The fourth-order valence-electron chi connectivity index (χ4n) is 2.35. The molecule has 1 amide bonds. The first-order chi connectivity index (χ1) is 10.9. The highest BCUT2D eigenvalue weighted by Gasteiger charge is 2.14. The van der Waals surface area contributed by atoms with Crippen LogP contribution in [0.3, 0.4) is 0 Å². The maximum atomic E-state index is 12.0. The van der Waals surface area contributed by atoms with Gasteiger partial charge in [0.15, 0.2) is 9.84 Å². The SMILES string of the molecule is Cc1cc(C(=O)NCCCS(=O)(=O)Cc2ccccc2)c(C)o1. The van der Waals surface area contributed by atoms with E-state index in [9.17, 15) is 13.2 Å². The molecule has 0 atom stereocenters. The zero-order valence-electron chi connectivity index (χ0n) is 13.3. The Hall–Kier alpha value is -2.08. The van der Waals surface area contributed by atoms with Crippen LogP contribution >= 0.6 is 0 Å². The van der Waals surface area contributed by atoms with Gasteiger partial charge in [-0.15, -0.1) is 0 Å². The van der Waals surface area contributed by atoms with Crippen molar-refractivity contribution in [1.82, 2.24) is 5.32 Å². The number of aryl methyl sites for hydroxylation is 2. The molecule has 1 aromatic carbocycles. The van der Waals surface area contributed by atoms with E-state index in [0.717, 1.165) is 5.56 Å². The van der Waals surface area contributed by atoms with Crippen LogP contribution in [0.5, 0.6) is 0 Å². The van der Waals surface area contributed by atoms with Crippen LogP contribution in [0.2, 0.25) is 0 Å². The van der Waals surface area contributed by atoms with Crippen LogP contribution in [0, 0.1) is 13.8 Å². The van der Waals surface area contributed by atoms with Crippen molar-refractivity contribution < 1.29 is 17.6 Å². The van der Waals surface area contributed by atoms with E-state index < -0.39 is 9.84 Å². The lowest BCUT2D eigenvalue weighted by molar-refractivity contribution is 0.0952. The molecule has 2 aromatic rings. The Kier molecular flexibility index (Phi) is 5.60. The van der Waals surface area contributed by atoms with Crippen molar-refractivity contribution in [1.29, 1.82) is 0 Å². The summed E-state index contributed by atoms with van der Waals surface area (Å²) in [5.41, 5.74) is 1.27. The van der Waals surface area contributed by atoms with E-state index in [1.807, 2.05) is 18.2 Å². The van der Waals surface area contributed by atoms with E-state index in [1.165, 1.54) is 0 Å². The molecule has 0 saturated carbocycles. The third-order valence-electron chi connectivity index (χ3n) is 3.43. The van der Waals surface area contributed by atoms with Crippen LogP contribution in [0.4, 0.5) is 0 Å². The number of benzene rings is 1. The normalized spacial score (nSPS) is 11.4. The van der Waals surface area contributed by atoms with Crippen molar-refractivity contribution in [2.75, 3.05) is 12.3 Å². The summed E-state index contributed by atoms with van der Waals surface area (Å²) in [7, 11) is -3.17. The fraction of sp³-hybridized carbons (Fsp3) is 0.353. The fourth-order valence-corrected chi connectivity index (χ4v) is 3.77. The third-order valence-corrected chi connectivity index (χ3v) is 5.12. The first-order valence-corrected chi connectivity index (χ1v) is 9.29. The van der Waals surface area contributed by atoms with Gasteiger partial charge in [0.2, 0.25) is 0 Å². The summed E-state index contributed by atoms with van der Waals surface area (Å²) in [6.45, 7) is 3.82. The molecule has 0 radical (unpaired) electrons. The molecule has 124 valence electrons. The van der Waals surface area contributed by atoms with Crippen molar-refractivity contribution in [3.63, 3.8) is 0 Å². The number of carbonyl (C=O) groups excluding carboxylic acids is 1. The molecule has 0 aliphatic heterocycles. The Morgan fingerprint density at radius 3 is 2.48 bits per heavy atom. The molecule has 1 aromatic heterocycles. The average molecular weight is 335 g/mol. The molecule has 0 saturated heterocycles. The van der Waals surface area contributed by atoms with Crippen molar-refractivity contribution in [3.8, 4) is 0 Å². The molecular weight excluding hydrogens is 314 g/mol. The van der Waals surface area contributed by atoms with Gasteiger partial charge in [-0.25, -0.2) is 8.42 Å². The van der Waals surface area contributed by atoms with Crippen LogP contribution < -0.4 is 5.32 Å². The predicted molar refractivity (Wildman–Crippen MR) is 89.1 cm³/mol. The Labute approximate surface area is 136 Å². The number of hydrogen-bond donors (Lipinski definition) is 1. The highest BCUT2D eigenvalue weighted by molar-refractivity contribution is 7.90. The van der Waals surface area contributed by atoms with Crippen LogP contribution in [0.15, 0.2) is 40.8 Å². The van der Waals surface area contributed by atoms with Gasteiger partial charge in [0.05, 0.1) is 17.1 Å². The van der Waals surface area contributed by atoms with E-state index in [-0.39, 0.29) is 17.4 Å². The Bertz CT molecular complexity index is 763. The second-order valence-electron chi connectivity index (χ2n) is 5.51. The zero-order valence-corrected chi connectivity index (χ0v) is 14.2. The van der Waals surface area contributed by atoms with Crippen molar-refractivity contribution in [3.05, 3.63) is 59.0 Å². The second kappa shape index (κ2) is 7.46. The Morgan fingerprint density at radius 1 is 1.17 bits per heavy atom. The molecule has 0 aliphatic carbocycles. The zero-order chi connectivity index (χ0) is 16.9. The largest absolute Gasteiger partial charge is 0.466 e. The van der Waals surface area contributed by atoms with Gasteiger partial charge in [-0.05, 0) is 31.9 Å². The van der Waals surface area contributed by atoms with E-state index in [2.05, 4.69) is 5.32 Å². The number of hydrogen-bond acceptors (Lipinski definition) is 4. The summed E-state index contributed by atoms with van der Waals surface area (Å²) in [5, 5.41) is 2.73. The lowest BCUT2D eigenvalue weighted by atomic mass is 10.2. The Balaban J connectivity index is 1.78. The maximum Gasteiger partial charge on any atom is 0.254 e. The number of furan rings is 1. The van der Waals surface area contributed by atoms with Gasteiger partial charge in [0.1, 0.15) is 11.5 Å². The first kappa shape index (κ1) is 17.3. The van der Waals surface area contributed by atoms with Crippen LogP contribution in [0.25, 0.3) is 0 Å². The van der Waals surface area contributed by atoms with Crippen molar-refractivity contribution in [2.24, 2.45) is 0 Å².